The highest BCUT2D eigenvalue weighted by atomic mass is 15.3. The van der Waals surface area contributed by atoms with E-state index >= 15 is 0 Å². The number of hydrogen-bond acceptors (Lipinski definition) is 3. The summed E-state index contributed by atoms with van der Waals surface area (Å²) in [5.41, 5.74) is 1.38. The highest BCUT2D eigenvalue weighted by Gasteiger charge is 2.20. The van der Waals surface area contributed by atoms with Gasteiger partial charge in [-0.1, -0.05) is 18.2 Å². The lowest BCUT2D eigenvalue weighted by molar-refractivity contribution is 0.252. The molecule has 3 rings (SSSR count). The number of para-hydroxylation sites is 1. The molecular weight excluding hydrogens is 246 g/mol. The minimum atomic E-state index is 0.865. The van der Waals surface area contributed by atoms with E-state index in [1.54, 1.807) is 0 Å². The van der Waals surface area contributed by atoms with E-state index in [1.807, 2.05) is 0 Å². The standard InChI is InChI=1S/C17H27N3/c1-2-6-17(7-3-1)20-14-12-19(13-15-20)11-5-4-10-18-16-8-9-16/h1-3,6-7,16,18H,4-5,8-15H2. The Hall–Kier alpha value is -1.06. The maximum absolute atomic E-state index is 3.60. The largest absolute Gasteiger partial charge is 0.369 e. The first-order chi connectivity index (χ1) is 9.92. The van der Waals surface area contributed by atoms with Gasteiger partial charge in [-0.3, -0.25) is 4.90 Å². The molecule has 1 saturated heterocycles. The van der Waals surface area contributed by atoms with Crippen LogP contribution < -0.4 is 10.2 Å². The van der Waals surface area contributed by atoms with Crippen molar-refractivity contribution in [3.05, 3.63) is 30.3 Å². The fourth-order valence-electron chi connectivity index (χ4n) is 2.92. The summed E-state index contributed by atoms with van der Waals surface area (Å²) in [5.74, 6) is 0. The van der Waals surface area contributed by atoms with E-state index in [0.717, 1.165) is 6.04 Å². The van der Waals surface area contributed by atoms with Gasteiger partial charge in [0.25, 0.3) is 0 Å². The van der Waals surface area contributed by atoms with Crippen LogP contribution >= 0.6 is 0 Å². The van der Waals surface area contributed by atoms with Crippen molar-refractivity contribution in [1.82, 2.24) is 10.2 Å². The third-order valence-corrected chi connectivity index (χ3v) is 4.41. The Balaban J connectivity index is 1.29. The number of anilines is 1. The summed E-state index contributed by atoms with van der Waals surface area (Å²) in [6.45, 7) is 7.26. The summed E-state index contributed by atoms with van der Waals surface area (Å²) >= 11 is 0. The van der Waals surface area contributed by atoms with Gasteiger partial charge in [0.2, 0.25) is 0 Å². The number of nitrogens with zero attached hydrogens (tertiary/aromatic N) is 2. The molecule has 0 radical (unpaired) electrons. The Kier molecular flexibility index (Phi) is 4.93. The van der Waals surface area contributed by atoms with Crippen LogP contribution in [-0.2, 0) is 0 Å². The Labute approximate surface area is 123 Å². The number of unbranched alkanes of at least 4 members (excludes halogenated alkanes) is 1. The molecule has 0 unspecified atom stereocenters. The van der Waals surface area contributed by atoms with Crippen molar-refractivity contribution >= 4 is 5.69 Å². The number of nitrogens with one attached hydrogen (secondary N) is 1. The molecule has 0 amide bonds. The van der Waals surface area contributed by atoms with Crippen molar-refractivity contribution < 1.29 is 0 Å². The highest BCUT2D eigenvalue weighted by molar-refractivity contribution is 5.46. The zero-order chi connectivity index (χ0) is 13.6. The molecule has 20 heavy (non-hydrogen) atoms. The van der Waals surface area contributed by atoms with E-state index in [9.17, 15) is 0 Å². The number of piperazine rings is 1. The van der Waals surface area contributed by atoms with Crippen molar-refractivity contribution in [1.29, 1.82) is 0 Å². The Morgan fingerprint density at radius 1 is 0.950 bits per heavy atom. The lowest BCUT2D eigenvalue weighted by Crippen LogP contribution is -2.46. The normalized spacial score (nSPS) is 20.3. The Morgan fingerprint density at radius 3 is 2.40 bits per heavy atom. The fourth-order valence-corrected chi connectivity index (χ4v) is 2.92. The summed E-state index contributed by atoms with van der Waals surface area (Å²) in [6.07, 6.45) is 5.48. The van der Waals surface area contributed by atoms with Gasteiger partial charge in [-0.25, -0.2) is 0 Å². The minimum Gasteiger partial charge on any atom is -0.369 e. The predicted octanol–water partition coefficient (Wildman–Crippen LogP) is 2.34. The zero-order valence-corrected chi connectivity index (χ0v) is 12.4. The van der Waals surface area contributed by atoms with Crippen LogP contribution in [0.1, 0.15) is 25.7 Å². The van der Waals surface area contributed by atoms with Gasteiger partial charge in [0.05, 0.1) is 0 Å². The zero-order valence-electron chi connectivity index (χ0n) is 12.4. The minimum absolute atomic E-state index is 0.865. The van der Waals surface area contributed by atoms with Crippen molar-refractivity contribution in [3.63, 3.8) is 0 Å². The van der Waals surface area contributed by atoms with Crippen LogP contribution in [0.4, 0.5) is 5.69 Å². The molecule has 1 aromatic rings. The van der Waals surface area contributed by atoms with Gasteiger partial charge in [0.1, 0.15) is 0 Å². The first-order valence-corrected chi connectivity index (χ1v) is 8.17. The van der Waals surface area contributed by atoms with Crippen molar-refractivity contribution in [3.8, 4) is 0 Å². The molecule has 0 bridgehead atoms. The summed E-state index contributed by atoms with van der Waals surface area (Å²) in [4.78, 5) is 5.13. The fraction of sp³-hybridized carbons (Fsp3) is 0.647. The monoisotopic (exact) mass is 273 g/mol. The van der Waals surface area contributed by atoms with Crippen molar-refractivity contribution in [2.24, 2.45) is 0 Å². The smallest absolute Gasteiger partial charge is 0.0367 e. The predicted molar refractivity (Wildman–Crippen MR) is 85.4 cm³/mol. The first-order valence-electron chi connectivity index (χ1n) is 8.17. The van der Waals surface area contributed by atoms with Crippen molar-refractivity contribution in [2.45, 2.75) is 31.7 Å². The Morgan fingerprint density at radius 2 is 1.70 bits per heavy atom. The van der Waals surface area contributed by atoms with Crippen LogP contribution in [0.5, 0.6) is 0 Å². The first kappa shape index (κ1) is 13.9. The molecule has 110 valence electrons. The second-order valence-corrected chi connectivity index (χ2v) is 6.10. The van der Waals surface area contributed by atoms with Crippen LogP contribution in [0.2, 0.25) is 0 Å². The molecule has 2 fully saturated rings. The highest BCUT2D eigenvalue weighted by Crippen LogP contribution is 2.18. The maximum atomic E-state index is 3.60. The van der Waals surface area contributed by atoms with E-state index in [4.69, 9.17) is 0 Å². The average molecular weight is 273 g/mol. The van der Waals surface area contributed by atoms with E-state index in [2.05, 4.69) is 45.4 Å². The molecule has 1 aliphatic heterocycles. The van der Waals surface area contributed by atoms with Gasteiger partial charge in [-0.2, -0.15) is 0 Å². The van der Waals surface area contributed by atoms with Crippen LogP contribution in [0.25, 0.3) is 0 Å². The molecule has 3 nitrogen and oxygen atoms in total. The molecule has 1 aromatic carbocycles. The van der Waals surface area contributed by atoms with Gasteiger partial charge in [-0.15, -0.1) is 0 Å². The third-order valence-electron chi connectivity index (χ3n) is 4.41. The number of rotatable bonds is 7. The van der Waals surface area contributed by atoms with Crippen LogP contribution in [-0.4, -0.2) is 50.2 Å². The van der Waals surface area contributed by atoms with E-state index in [1.165, 1.54) is 70.6 Å². The van der Waals surface area contributed by atoms with E-state index < -0.39 is 0 Å². The number of hydrogen-bond donors (Lipinski definition) is 1. The molecule has 0 atom stereocenters. The molecule has 1 aliphatic carbocycles. The van der Waals surface area contributed by atoms with Gasteiger partial charge in [0.15, 0.2) is 0 Å². The Bertz CT molecular complexity index is 380. The van der Waals surface area contributed by atoms with Crippen LogP contribution in [0.15, 0.2) is 30.3 Å². The van der Waals surface area contributed by atoms with E-state index in [0.29, 0.717) is 0 Å². The lowest BCUT2D eigenvalue weighted by Gasteiger charge is -2.36. The van der Waals surface area contributed by atoms with Crippen LogP contribution in [0.3, 0.4) is 0 Å². The third kappa shape index (κ3) is 4.22. The summed E-state index contributed by atoms with van der Waals surface area (Å²) in [7, 11) is 0. The molecule has 2 aliphatic rings. The summed E-state index contributed by atoms with van der Waals surface area (Å²) in [6, 6.07) is 11.7. The van der Waals surface area contributed by atoms with Gasteiger partial charge >= 0.3 is 0 Å². The molecule has 3 heteroatoms. The second kappa shape index (κ2) is 7.09. The summed E-state index contributed by atoms with van der Waals surface area (Å²) < 4.78 is 0. The number of benzene rings is 1. The second-order valence-electron chi connectivity index (χ2n) is 6.10. The molecule has 0 spiro atoms. The topological polar surface area (TPSA) is 18.5 Å². The molecular formula is C17H27N3. The lowest BCUT2D eigenvalue weighted by atomic mass is 10.2. The molecule has 1 N–H and O–H groups in total. The van der Waals surface area contributed by atoms with Gasteiger partial charge in [0, 0.05) is 37.9 Å². The molecule has 1 saturated carbocycles. The van der Waals surface area contributed by atoms with Gasteiger partial charge < -0.3 is 10.2 Å². The average Bonchev–Trinajstić information content (AvgIpc) is 3.33. The van der Waals surface area contributed by atoms with E-state index in [-0.39, 0.29) is 0 Å². The van der Waals surface area contributed by atoms with Crippen LogP contribution in [0, 0.1) is 0 Å². The molecule has 1 heterocycles. The van der Waals surface area contributed by atoms with Gasteiger partial charge in [-0.05, 0) is 50.9 Å². The maximum Gasteiger partial charge on any atom is 0.0367 e. The SMILES string of the molecule is c1ccc(N2CCN(CCCCNC3CC3)CC2)cc1. The van der Waals surface area contributed by atoms with Crippen molar-refractivity contribution in [2.75, 3.05) is 44.2 Å². The quantitative estimate of drug-likeness (QED) is 0.769. The molecule has 0 aromatic heterocycles. The summed E-state index contributed by atoms with van der Waals surface area (Å²) in [5, 5.41) is 3.60.